The molecule has 0 aromatic carbocycles. The first kappa shape index (κ1) is 14.6. The Bertz CT molecular complexity index is 223. The Labute approximate surface area is 88.8 Å². The van der Waals surface area contributed by atoms with Crippen LogP contribution < -0.4 is 0 Å². The van der Waals surface area contributed by atoms with Gasteiger partial charge in [-0.3, -0.25) is 9.32 Å². The van der Waals surface area contributed by atoms with Crippen LogP contribution in [0.2, 0.25) is 0 Å². The molecule has 0 aliphatic heterocycles. The molecule has 0 atom stereocenters. The second-order valence-corrected chi connectivity index (χ2v) is 4.24. The third kappa shape index (κ3) is 11.5. The molecule has 90 valence electrons. The van der Waals surface area contributed by atoms with Gasteiger partial charge in [0.15, 0.2) is 0 Å². The molecule has 0 aromatic rings. The minimum atomic E-state index is -4.35. The predicted molar refractivity (Wildman–Crippen MR) is 53.1 cm³/mol. The molecule has 0 aliphatic carbocycles. The monoisotopic (exact) mass is 240 g/mol. The molecular formula is C8H17O6P. The largest absolute Gasteiger partial charge is 0.469 e. The number of rotatable bonds is 8. The van der Waals surface area contributed by atoms with E-state index in [2.05, 4.69) is 4.52 Å². The number of phosphoric acid groups is 1. The van der Waals surface area contributed by atoms with Gasteiger partial charge < -0.3 is 14.5 Å². The molecule has 7 heteroatoms. The van der Waals surface area contributed by atoms with E-state index in [1.165, 1.54) is 0 Å². The standard InChI is InChI=1S/C8H17O6P/c1-2-5-8(9)13-6-3-4-7-14-15(10,11)12/h2-7H2,1H3,(H2,10,11,12). The molecule has 0 aliphatic rings. The summed E-state index contributed by atoms with van der Waals surface area (Å²) < 4.78 is 19.3. The van der Waals surface area contributed by atoms with E-state index in [9.17, 15) is 9.36 Å². The molecular weight excluding hydrogens is 223 g/mol. The summed E-state index contributed by atoms with van der Waals surface area (Å²) in [5.41, 5.74) is 0. The van der Waals surface area contributed by atoms with E-state index < -0.39 is 7.82 Å². The third-order valence-corrected chi connectivity index (χ3v) is 2.03. The molecule has 2 N–H and O–H groups in total. The molecule has 0 bridgehead atoms. The van der Waals surface area contributed by atoms with Gasteiger partial charge in [0.05, 0.1) is 13.2 Å². The van der Waals surface area contributed by atoms with Crippen LogP contribution in [0.3, 0.4) is 0 Å². The summed E-state index contributed by atoms with van der Waals surface area (Å²) in [4.78, 5) is 27.5. The Hall–Kier alpha value is -0.420. The minimum Gasteiger partial charge on any atom is -0.466 e. The number of carbonyl (C=O) groups excluding carboxylic acids is 1. The number of hydrogen-bond acceptors (Lipinski definition) is 4. The lowest BCUT2D eigenvalue weighted by molar-refractivity contribution is -0.143. The summed E-state index contributed by atoms with van der Waals surface area (Å²) in [5.74, 6) is -0.242. The fourth-order valence-corrected chi connectivity index (χ4v) is 1.22. The van der Waals surface area contributed by atoms with Crippen molar-refractivity contribution in [2.24, 2.45) is 0 Å². The first-order chi connectivity index (χ1) is 6.95. The maximum absolute atomic E-state index is 10.9. The highest BCUT2D eigenvalue weighted by Gasteiger charge is 2.12. The van der Waals surface area contributed by atoms with Gasteiger partial charge in [-0.05, 0) is 19.3 Å². The fraction of sp³-hybridized carbons (Fsp3) is 0.875. The van der Waals surface area contributed by atoms with Crippen molar-refractivity contribution in [3.05, 3.63) is 0 Å². The van der Waals surface area contributed by atoms with Crippen LogP contribution >= 0.6 is 7.82 Å². The van der Waals surface area contributed by atoms with Crippen LogP contribution in [0.25, 0.3) is 0 Å². The van der Waals surface area contributed by atoms with E-state index in [4.69, 9.17) is 14.5 Å². The van der Waals surface area contributed by atoms with E-state index in [0.29, 0.717) is 19.3 Å². The Morgan fingerprint density at radius 2 is 1.87 bits per heavy atom. The molecule has 0 fully saturated rings. The van der Waals surface area contributed by atoms with Crippen molar-refractivity contribution in [3.8, 4) is 0 Å². The lowest BCUT2D eigenvalue weighted by Crippen LogP contribution is -2.05. The van der Waals surface area contributed by atoms with Crippen LogP contribution in [-0.2, 0) is 18.6 Å². The maximum Gasteiger partial charge on any atom is 0.469 e. The normalized spacial score (nSPS) is 11.4. The van der Waals surface area contributed by atoms with Crippen LogP contribution in [-0.4, -0.2) is 29.0 Å². The Morgan fingerprint density at radius 3 is 2.40 bits per heavy atom. The molecule has 0 saturated carbocycles. The van der Waals surface area contributed by atoms with Crippen molar-refractivity contribution >= 4 is 13.8 Å². The van der Waals surface area contributed by atoms with Crippen molar-refractivity contribution in [1.29, 1.82) is 0 Å². The van der Waals surface area contributed by atoms with Gasteiger partial charge in [-0.2, -0.15) is 0 Å². The molecule has 0 rings (SSSR count). The summed E-state index contributed by atoms with van der Waals surface area (Å²) in [6.45, 7) is 2.12. The number of unbranched alkanes of at least 4 members (excludes halogenated alkanes) is 1. The minimum absolute atomic E-state index is 0.0321. The summed E-state index contributed by atoms with van der Waals surface area (Å²) in [7, 11) is -4.35. The smallest absolute Gasteiger partial charge is 0.466 e. The number of phosphoric ester groups is 1. The Balaban J connectivity index is 3.25. The number of esters is 1. The highest BCUT2D eigenvalue weighted by Crippen LogP contribution is 2.35. The van der Waals surface area contributed by atoms with Gasteiger partial charge in [0, 0.05) is 6.42 Å². The average molecular weight is 240 g/mol. The number of ether oxygens (including phenoxy) is 1. The van der Waals surface area contributed by atoms with E-state index in [-0.39, 0.29) is 19.2 Å². The molecule has 0 saturated heterocycles. The first-order valence-electron chi connectivity index (χ1n) is 4.81. The van der Waals surface area contributed by atoms with E-state index in [1.807, 2.05) is 6.92 Å². The molecule has 15 heavy (non-hydrogen) atoms. The van der Waals surface area contributed by atoms with Crippen molar-refractivity contribution in [1.82, 2.24) is 0 Å². The quantitative estimate of drug-likeness (QED) is 0.376. The van der Waals surface area contributed by atoms with E-state index in [1.54, 1.807) is 0 Å². The average Bonchev–Trinajstić information content (AvgIpc) is 2.09. The van der Waals surface area contributed by atoms with Gasteiger partial charge in [-0.25, -0.2) is 4.57 Å². The van der Waals surface area contributed by atoms with Crippen LogP contribution in [0.4, 0.5) is 0 Å². The van der Waals surface area contributed by atoms with Gasteiger partial charge in [-0.1, -0.05) is 6.92 Å². The van der Waals surface area contributed by atoms with E-state index in [0.717, 1.165) is 6.42 Å². The maximum atomic E-state index is 10.9. The van der Waals surface area contributed by atoms with Gasteiger partial charge in [0.25, 0.3) is 0 Å². The zero-order valence-electron chi connectivity index (χ0n) is 8.72. The topological polar surface area (TPSA) is 93.1 Å². The van der Waals surface area contributed by atoms with Gasteiger partial charge >= 0.3 is 13.8 Å². The lowest BCUT2D eigenvalue weighted by atomic mass is 10.3. The number of hydrogen-bond donors (Lipinski definition) is 2. The zero-order chi connectivity index (χ0) is 11.7. The fourth-order valence-electron chi connectivity index (χ4n) is 0.850. The summed E-state index contributed by atoms with van der Waals surface area (Å²) >= 11 is 0. The molecule has 0 amide bonds. The van der Waals surface area contributed by atoms with Crippen LogP contribution in [0.5, 0.6) is 0 Å². The van der Waals surface area contributed by atoms with Crippen molar-refractivity contribution in [2.75, 3.05) is 13.2 Å². The van der Waals surface area contributed by atoms with Crippen LogP contribution in [0.15, 0.2) is 0 Å². The van der Waals surface area contributed by atoms with Crippen molar-refractivity contribution in [2.45, 2.75) is 32.6 Å². The molecule has 0 aromatic heterocycles. The summed E-state index contributed by atoms with van der Waals surface area (Å²) in [6, 6.07) is 0. The second-order valence-electron chi connectivity index (χ2n) is 3.00. The third-order valence-electron chi connectivity index (χ3n) is 1.52. The summed E-state index contributed by atoms with van der Waals surface area (Å²) in [5, 5.41) is 0. The highest BCUT2D eigenvalue weighted by atomic mass is 31.2. The molecule has 0 radical (unpaired) electrons. The molecule has 0 unspecified atom stereocenters. The van der Waals surface area contributed by atoms with Crippen molar-refractivity contribution in [3.63, 3.8) is 0 Å². The van der Waals surface area contributed by atoms with Gasteiger partial charge in [0.1, 0.15) is 0 Å². The van der Waals surface area contributed by atoms with Gasteiger partial charge in [0.2, 0.25) is 0 Å². The van der Waals surface area contributed by atoms with Gasteiger partial charge in [-0.15, -0.1) is 0 Å². The lowest BCUT2D eigenvalue weighted by Gasteiger charge is -2.05. The van der Waals surface area contributed by atoms with E-state index >= 15 is 0 Å². The van der Waals surface area contributed by atoms with Crippen LogP contribution in [0.1, 0.15) is 32.6 Å². The van der Waals surface area contributed by atoms with Crippen molar-refractivity contribution < 1.29 is 28.4 Å². The SMILES string of the molecule is CCCC(=O)OCCCCOP(=O)(O)O. The summed E-state index contributed by atoms with van der Waals surface area (Å²) in [6.07, 6.45) is 2.14. The Kier molecular flexibility index (Phi) is 7.60. The zero-order valence-corrected chi connectivity index (χ0v) is 9.61. The highest BCUT2D eigenvalue weighted by molar-refractivity contribution is 7.46. The molecule has 0 heterocycles. The second kappa shape index (κ2) is 7.82. The molecule has 6 nitrogen and oxygen atoms in total. The predicted octanol–water partition coefficient (Wildman–Crippen LogP) is 1.22. The number of carbonyl (C=O) groups is 1. The Morgan fingerprint density at radius 1 is 1.27 bits per heavy atom. The molecule has 0 spiro atoms. The van der Waals surface area contributed by atoms with Crippen LogP contribution in [0, 0.1) is 0 Å². The first-order valence-corrected chi connectivity index (χ1v) is 6.34.